The van der Waals surface area contributed by atoms with E-state index in [0.717, 1.165) is 22.3 Å². The third kappa shape index (κ3) is 5.05. The number of aliphatic hydroxyl groups is 1. The number of amides is 2. The molecule has 34 heavy (non-hydrogen) atoms. The number of aliphatic carboxylic acids is 1. The summed E-state index contributed by atoms with van der Waals surface area (Å²) in [6.45, 7) is 0.524. The summed E-state index contributed by atoms with van der Waals surface area (Å²) in [6.07, 6.45) is -1.18. The molecule has 1 saturated heterocycles. The fraction of sp³-hybridized carbons (Fsp3) is 0.400. The summed E-state index contributed by atoms with van der Waals surface area (Å²) in [5.74, 6) is -1.67. The standard InChI is InChI=1S/C25H28N2O7/c28-13-16-14-33-12-11-27(16)24(31)22(9-10-23(29)30)26-25(32)34-15-21-19-7-3-1-5-17(19)18-6-2-4-8-20(18)21/h1-8,16,21-22,28H,9-15H2,(H,26,32)(H,29,30). The summed E-state index contributed by atoms with van der Waals surface area (Å²) in [6, 6.07) is 14.3. The third-order valence-corrected chi connectivity index (χ3v) is 6.30. The highest BCUT2D eigenvalue weighted by Gasteiger charge is 2.34. The van der Waals surface area contributed by atoms with Gasteiger partial charge in [0.25, 0.3) is 0 Å². The number of morpholine rings is 1. The molecule has 0 saturated carbocycles. The van der Waals surface area contributed by atoms with E-state index in [1.54, 1.807) is 0 Å². The number of aliphatic hydroxyl groups excluding tert-OH is 1. The van der Waals surface area contributed by atoms with Gasteiger partial charge in [0.05, 0.1) is 25.9 Å². The molecule has 2 aliphatic rings. The van der Waals surface area contributed by atoms with Crippen LogP contribution in [0.3, 0.4) is 0 Å². The average Bonchev–Trinajstić information content (AvgIpc) is 3.18. The minimum absolute atomic E-state index is 0.0799. The summed E-state index contributed by atoms with van der Waals surface area (Å²) in [5, 5.41) is 21.2. The number of hydrogen-bond acceptors (Lipinski definition) is 6. The molecule has 2 unspecified atom stereocenters. The van der Waals surface area contributed by atoms with E-state index in [-0.39, 0.29) is 45.1 Å². The zero-order valence-corrected chi connectivity index (χ0v) is 18.7. The second kappa shape index (κ2) is 10.7. The lowest BCUT2D eigenvalue weighted by atomic mass is 9.98. The normalized spacial score (nSPS) is 18.0. The Morgan fingerprint density at radius 2 is 1.74 bits per heavy atom. The van der Waals surface area contributed by atoms with Crippen LogP contribution in [0.1, 0.15) is 29.9 Å². The first-order valence-corrected chi connectivity index (χ1v) is 11.3. The molecule has 2 amide bonds. The van der Waals surface area contributed by atoms with E-state index >= 15 is 0 Å². The zero-order chi connectivity index (χ0) is 24.1. The number of carbonyl (C=O) groups is 3. The third-order valence-electron chi connectivity index (χ3n) is 6.30. The SMILES string of the molecule is O=C(O)CCC(NC(=O)OCC1c2ccccc2-c2ccccc21)C(=O)N1CCOCC1CO. The Kier molecular flexibility index (Phi) is 7.44. The number of carboxylic acids is 1. The first kappa shape index (κ1) is 23.7. The number of benzene rings is 2. The van der Waals surface area contributed by atoms with Gasteiger partial charge in [0.1, 0.15) is 12.6 Å². The van der Waals surface area contributed by atoms with Gasteiger partial charge < -0.3 is 29.9 Å². The van der Waals surface area contributed by atoms with Crippen LogP contribution in [0.4, 0.5) is 4.79 Å². The number of fused-ring (bicyclic) bond motifs is 3. The lowest BCUT2D eigenvalue weighted by Gasteiger charge is -2.36. The maximum absolute atomic E-state index is 13.1. The maximum Gasteiger partial charge on any atom is 0.407 e. The maximum atomic E-state index is 13.1. The quantitative estimate of drug-likeness (QED) is 0.541. The summed E-state index contributed by atoms with van der Waals surface area (Å²) in [4.78, 5) is 38.3. The van der Waals surface area contributed by atoms with Gasteiger partial charge in [-0.25, -0.2) is 4.79 Å². The highest BCUT2D eigenvalue weighted by Crippen LogP contribution is 2.44. The van der Waals surface area contributed by atoms with Gasteiger partial charge in [-0.1, -0.05) is 48.5 Å². The average molecular weight is 469 g/mol. The first-order valence-electron chi connectivity index (χ1n) is 11.3. The molecule has 1 fully saturated rings. The molecular formula is C25H28N2O7. The van der Waals surface area contributed by atoms with Crippen LogP contribution in [0.5, 0.6) is 0 Å². The van der Waals surface area contributed by atoms with E-state index in [2.05, 4.69) is 5.32 Å². The summed E-state index contributed by atoms with van der Waals surface area (Å²) < 4.78 is 10.8. The van der Waals surface area contributed by atoms with Crippen molar-refractivity contribution >= 4 is 18.0 Å². The Bertz CT molecular complexity index is 1010. The van der Waals surface area contributed by atoms with Gasteiger partial charge >= 0.3 is 12.1 Å². The molecule has 1 aliphatic carbocycles. The highest BCUT2D eigenvalue weighted by atomic mass is 16.5. The molecule has 4 rings (SSSR count). The van der Waals surface area contributed by atoms with Gasteiger partial charge in [-0.05, 0) is 28.7 Å². The highest BCUT2D eigenvalue weighted by molar-refractivity contribution is 5.86. The molecule has 3 N–H and O–H groups in total. The smallest absolute Gasteiger partial charge is 0.407 e. The molecule has 1 heterocycles. The van der Waals surface area contributed by atoms with Crippen LogP contribution < -0.4 is 5.32 Å². The van der Waals surface area contributed by atoms with Crippen LogP contribution in [0.15, 0.2) is 48.5 Å². The predicted molar refractivity (Wildman–Crippen MR) is 122 cm³/mol. The van der Waals surface area contributed by atoms with Crippen LogP contribution in [-0.2, 0) is 19.1 Å². The van der Waals surface area contributed by atoms with Gasteiger partial charge in [0.2, 0.25) is 5.91 Å². The fourth-order valence-electron chi connectivity index (χ4n) is 4.60. The van der Waals surface area contributed by atoms with Crippen LogP contribution >= 0.6 is 0 Å². The van der Waals surface area contributed by atoms with Crippen molar-refractivity contribution in [2.45, 2.75) is 30.8 Å². The molecule has 0 aromatic heterocycles. The number of hydrogen-bond donors (Lipinski definition) is 3. The lowest BCUT2D eigenvalue weighted by Crippen LogP contribution is -2.57. The van der Waals surface area contributed by atoms with Crippen molar-refractivity contribution in [3.05, 3.63) is 59.7 Å². The molecule has 9 heteroatoms. The van der Waals surface area contributed by atoms with E-state index < -0.39 is 30.1 Å². The van der Waals surface area contributed by atoms with Crippen molar-refractivity contribution in [3.63, 3.8) is 0 Å². The first-order chi connectivity index (χ1) is 16.5. The molecule has 2 aromatic rings. The minimum Gasteiger partial charge on any atom is -0.481 e. The van der Waals surface area contributed by atoms with Gasteiger partial charge in [-0.3, -0.25) is 9.59 Å². The number of carboxylic acid groups (broad SMARTS) is 1. The van der Waals surface area contributed by atoms with Crippen LogP contribution in [0, 0.1) is 0 Å². The lowest BCUT2D eigenvalue weighted by molar-refractivity contribution is -0.144. The monoisotopic (exact) mass is 468 g/mol. The number of rotatable bonds is 8. The minimum atomic E-state index is -1.08. The predicted octanol–water partition coefficient (Wildman–Crippen LogP) is 1.98. The molecule has 2 atom stereocenters. The van der Waals surface area contributed by atoms with E-state index in [9.17, 15) is 19.5 Å². The van der Waals surface area contributed by atoms with Crippen molar-refractivity contribution in [3.8, 4) is 11.1 Å². The van der Waals surface area contributed by atoms with Crippen LogP contribution in [-0.4, -0.2) is 78.1 Å². The van der Waals surface area contributed by atoms with Crippen molar-refractivity contribution in [2.24, 2.45) is 0 Å². The van der Waals surface area contributed by atoms with Crippen molar-refractivity contribution < 1.29 is 34.1 Å². The number of carbonyl (C=O) groups excluding carboxylic acids is 2. The number of nitrogens with one attached hydrogen (secondary N) is 1. The molecule has 1 aliphatic heterocycles. The van der Waals surface area contributed by atoms with Crippen molar-refractivity contribution in [1.82, 2.24) is 10.2 Å². The number of nitrogens with zero attached hydrogens (tertiary/aromatic N) is 1. The van der Waals surface area contributed by atoms with E-state index in [1.807, 2.05) is 48.5 Å². The summed E-state index contributed by atoms with van der Waals surface area (Å²) >= 11 is 0. The second-order valence-electron chi connectivity index (χ2n) is 8.40. The van der Waals surface area contributed by atoms with Gasteiger partial charge in [-0.2, -0.15) is 0 Å². The molecular weight excluding hydrogens is 440 g/mol. The number of ether oxygens (including phenoxy) is 2. The number of alkyl carbamates (subject to hydrolysis) is 1. The van der Waals surface area contributed by atoms with Gasteiger partial charge in [-0.15, -0.1) is 0 Å². The Balaban J connectivity index is 1.44. The van der Waals surface area contributed by atoms with Crippen LogP contribution in [0.2, 0.25) is 0 Å². The topological polar surface area (TPSA) is 125 Å². The van der Waals surface area contributed by atoms with Crippen molar-refractivity contribution in [1.29, 1.82) is 0 Å². The van der Waals surface area contributed by atoms with Gasteiger partial charge in [0, 0.05) is 18.9 Å². The Morgan fingerprint density at radius 1 is 1.09 bits per heavy atom. The molecule has 0 radical (unpaired) electrons. The summed E-state index contributed by atoms with van der Waals surface area (Å²) in [5.41, 5.74) is 4.33. The van der Waals surface area contributed by atoms with Crippen LogP contribution in [0.25, 0.3) is 11.1 Å². The molecule has 9 nitrogen and oxygen atoms in total. The van der Waals surface area contributed by atoms with Crippen molar-refractivity contribution in [2.75, 3.05) is 33.0 Å². The zero-order valence-electron chi connectivity index (χ0n) is 18.7. The largest absolute Gasteiger partial charge is 0.481 e. The Hall–Kier alpha value is -3.43. The van der Waals surface area contributed by atoms with E-state index in [4.69, 9.17) is 14.6 Å². The van der Waals surface area contributed by atoms with Gasteiger partial charge in [0.15, 0.2) is 0 Å². The van der Waals surface area contributed by atoms with E-state index in [1.165, 1.54) is 4.90 Å². The molecule has 2 aromatic carbocycles. The fourth-order valence-corrected chi connectivity index (χ4v) is 4.60. The van der Waals surface area contributed by atoms with E-state index in [0.29, 0.717) is 6.61 Å². The Morgan fingerprint density at radius 3 is 2.35 bits per heavy atom. The molecule has 180 valence electrons. The molecule has 0 spiro atoms. The molecule has 0 bridgehead atoms. The summed E-state index contributed by atoms with van der Waals surface area (Å²) in [7, 11) is 0. The Labute approximate surface area is 197 Å². The second-order valence-corrected chi connectivity index (χ2v) is 8.40.